The first-order valence-electron chi connectivity index (χ1n) is 11.3. The van der Waals surface area contributed by atoms with Gasteiger partial charge in [0.1, 0.15) is 12.4 Å². The van der Waals surface area contributed by atoms with Crippen molar-refractivity contribution in [1.82, 2.24) is 9.55 Å². The second-order valence-electron chi connectivity index (χ2n) is 8.33. The molecule has 1 fully saturated rings. The molecule has 0 bridgehead atoms. The Hall–Kier alpha value is -3.03. The highest BCUT2D eigenvalue weighted by atomic mass is 19.4. The number of fused-ring (bicyclic) bond motifs is 1. The van der Waals surface area contributed by atoms with Crippen LogP contribution in [0.1, 0.15) is 61.6 Å². The molecular formula is C25H27F3N2O3. The molecule has 0 N–H and O–H groups in total. The number of esters is 1. The molecule has 0 radical (unpaired) electrons. The number of hydrogen-bond acceptors (Lipinski definition) is 4. The molecule has 1 aliphatic rings. The fourth-order valence-corrected chi connectivity index (χ4v) is 4.45. The highest BCUT2D eigenvalue weighted by molar-refractivity contribution is 5.77. The molecule has 0 aliphatic heterocycles. The summed E-state index contributed by atoms with van der Waals surface area (Å²) < 4.78 is 53.8. The fourth-order valence-electron chi connectivity index (χ4n) is 4.45. The van der Waals surface area contributed by atoms with Gasteiger partial charge >= 0.3 is 12.1 Å². The van der Waals surface area contributed by atoms with Gasteiger partial charge in [-0.15, -0.1) is 0 Å². The first-order valence-corrected chi connectivity index (χ1v) is 11.3. The minimum atomic E-state index is -4.39. The second-order valence-corrected chi connectivity index (χ2v) is 8.33. The van der Waals surface area contributed by atoms with Gasteiger partial charge in [-0.05, 0) is 55.0 Å². The first-order chi connectivity index (χ1) is 15.8. The number of rotatable bonds is 8. The molecule has 0 unspecified atom stereocenters. The number of halogens is 3. The lowest BCUT2D eigenvalue weighted by Crippen LogP contribution is -2.12. The van der Waals surface area contributed by atoms with Gasteiger partial charge in [0.05, 0.1) is 36.0 Å². The Morgan fingerprint density at radius 2 is 1.94 bits per heavy atom. The summed E-state index contributed by atoms with van der Waals surface area (Å²) in [5.74, 6) is 0.219. The third-order valence-electron chi connectivity index (χ3n) is 6.08. The van der Waals surface area contributed by atoms with Crippen molar-refractivity contribution in [2.24, 2.45) is 0 Å². The minimum absolute atomic E-state index is 0.0195. The summed E-state index contributed by atoms with van der Waals surface area (Å²) in [5, 5.41) is 0. The third-order valence-corrected chi connectivity index (χ3v) is 6.08. The number of hydrogen-bond donors (Lipinski definition) is 0. The molecule has 1 aromatic heterocycles. The van der Waals surface area contributed by atoms with Crippen molar-refractivity contribution >= 4 is 17.0 Å². The molecule has 3 aromatic rings. The predicted octanol–water partition coefficient (Wildman–Crippen LogP) is 6.24. The molecule has 4 rings (SSSR count). The Morgan fingerprint density at radius 3 is 2.67 bits per heavy atom. The van der Waals surface area contributed by atoms with Crippen molar-refractivity contribution in [1.29, 1.82) is 0 Å². The van der Waals surface area contributed by atoms with Crippen LogP contribution in [0.15, 0.2) is 42.7 Å². The number of nitrogens with zero attached hydrogens (tertiary/aromatic N) is 2. The summed E-state index contributed by atoms with van der Waals surface area (Å²) in [7, 11) is 0. The van der Waals surface area contributed by atoms with Crippen molar-refractivity contribution in [3.63, 3.8) is 0 Å². The van der Waals surface area contributed by atoms with Crippen molar-refractivity contribution < 1.29 is 27.4 Å². The summed E-state index contributed by atoms with van der Waals surface area (Å²) in [4.78, 5) is 16.0. The quantitative estimate of drug-likeness (QED) is 0.373. The minimum Gasteiger partial charge on any atom is -0.489 e. The molecule has 0 spiro atoms. The summed E-state index contributed by atoms with van der Waals surface area (Å²) in [6.45, 7) is 2.53. The number of benzene rings is 2. The van der Waals surface area contributed by atoms with Gasteiger partial charge in [-0.2, -0.15) is 13.2 Å². The molecule has 8 heteroatoms. The lowest BCUT2D eigenvalue weighted by molar-refractivity contribution is -0.143. The number of carbonyl (C=O) groups is 1. The number of aromatic nitrogens is 2. The molecular weight excluding hydrogens is 433 g/mol. The Morgan fingerprint density at radius 1 is 1.15 bits per heavy atom. The monoisotopic (exact) mass is 460 g/mol. The Bertz CT molecular complexity index is 1120. The molecule has 1 saturated carbocycles. The van der Waals surface area contributed by atoms with Crippen molar-refractivity contribution in [3.8, 4) is 5.75 Å². The van der Waals surface area contributed by atoms with Gasteiger partial charge < -0.3 is 14.0 Å². The fraction of sp³-hybridized carbons (Fsp3) is 0.440. The van der Waals surface area contributed by atoms with E-state index in [1.165, 1.54) is 6.07 Å². The molecule has 0 atom stereocenters. The van der Waals surface area contributed by atoms with Gasteiger partial charge in [0.25, 0.3) is 0 Å². The molecule has 5 nitrogen and oxygen atoms in total. The van der Waals surface area contributed by atoms with Crippen LogP contribution in [0.4, 0.5) is 13.2 Å². The largest absolute Gasteiger partial charge is 0.489 e. The van der Waals surface area contributed by atoms with Crippen LogP contribution < -0.4 is 4.74 Å². The van der Waals surface area contributed by atoms with Crippen LogP contribution in [0.2, 0.25) is 0 Å². The zero-order valence-electron chi connectivity index (χ0n) is 18.5. The van der Waals surface area contributed by atoms with E-state index in [2.05, 4.69) is 4.98 Å². The van der Waals surface area contributed by atoms with E-state index in [1.807, 2.05) is 4.57 Å². The average molecular weight is 460 g/mol. The Labute approximate surface area is 190 Å². The molecule has 2 aromatic carbocycles. The second kappa shape index (κ2) is 9.85. The Balaban J connectivity index is 1.48. The number of aryl methyl sites for hydroxylation is 1. The van der Waals surface area contributed by atoms with Crippen LogP contribution in [0.5, 0.6) is 5.75 Å². The van der Waals surface area contributed by atoms with Gasteiger partial charge in [-0.3, -0.25) is 4.79 Å². The summed E-state index contributed by atoms with van der Waals surface area (Å²) in [5.41, 5.74) is 1.84. The SMILES string of the molecule is CCOC(=O)CCn1cnc2ccc(OCc3ccc(C4CCCC4)c(C(F)(F)F)c3)cc21. The summed E-state index contributed by atoms with van der Waals surface area (Å²) >= 11 is 0. The van der Waals surface area contributed by atoms with Crippen LogP contribution >= 0.6 is 0 Å². The maximum Gasteiger partial charge on any atom is 0.416 e. The predicted molar refractivity (Wildman–Crippen MR) is 118 cm³/mol. The maximum absolute atomic E-state index is 13.7. The molecule has 1 aliphatic carbocycles. The van der Waals surface area contributed by atoms with Crippen molar-refractivity contribution in [3.05, 3.63) is 59.4 Å². The van der Waals surface area contributed by atoms with E-state index in [4.69, 9.17) is 9.47 Å². The number of carbonyl (C=O) groups excluding carboxylic acids is 1. The highest BCUT2D eigenvalue weighted by Crippen LogP contribution is 2.42. The van der Waals surface area contributed by atoms with Crippen LogP contribution in [0.25, 0.3) is 11.0 Å². The highest BCUT2D eigenvalue weighted by Gasteiger charge is 2.36. The van der Waals surface area contributed by atoms with Crippen LogP contribution in [0.3, 0.4) is 0 Å². The standard InChI is InChI=1S/C25H27F3N2O3/c1-2-32-24(31)11-12-30-16-29-22-10-8-19(14-23(22)30)33-15-17-7-9-20(18-5-3-4-6-18)21(13-17)25(26,27)28/h7-10,13-14,16,18H,2-6,11-12,15H2,1H3. The number of alkyl halides is 3. The number of ether oxygens (including phenoxy) is 2. The van der Waals surface area contributed by atoms with Crippen LogP contribution in [0, 0.1) is 0 Å². The van der Waals surface area contributed by atoms with Crippen LogP contribution in [-0.2, 0) is 28.9 Å². The van der Waals surface area contributed by atoms with Gasteiger partial charge in [0.15, 0.2) is 0 Å². The van der Waals surface area contributed by atoms with Gasteiger partial charge in [-0.25, -0.2) is 4.98 Å². The topological polar surface area (TPSA) is 53.4 Å². The lowest BCUT2D eigenvalue weighted by Gasteiger charge is -2.19. The molecule has 33 heavy (non-hydrogen) atoms. The van der Waals surface area contributed by atoms with E-state index in [1.54, 1.807) is 43.6 Å². The zero-order valence-corrected chi connectivity index (χ0v) is 18.5. The van der Waals surface area contributed by atoms with E-state index < -0.39 is 11.7 Å². The molecule has 1 heterocycles. The first kappa shape index (κ1) is 23.1. The summed E-state index contributed by atoms with van der Waals surface area (Å²) in [6, 6.07) is 9.87. The molecule has 0 amide bonds. The summed E-state index contributed by atoms with van der Waals surface area (Å²) in [6.07, 6.45) is 1.05. The van der Waals surface area contributed by atoms with Gasteiger partial charge in [-0.1, -0.05) is 25.0 Å². The van der Waals surface area contributed by atoms with Crippen LogP contribution in [-0.4, -0.2) is 22.1 Å². The van der Waals surface area contributed by atoms with Gasteiger partial charge in [0, 0.05) is 12.6 Å². The zero-order chi connectivity index (χ0) is 23.4. The van der Waals surface area contributed by atoms with Crippen molar-refractivity contribution in [2.75, 3.05) is 6.61 Å². The third kappa shape index (κ3) is 5.49. The Kier molecular flexibility index (Phi) is 6.91. The molecule has 0 saturated heterocycles. The number of imidazole rings is 1. The smallest absolute Gasteiger partial charge is 0.416 e. The molecule has 176 valence electrons. The van der Waals surface area contributed by atoms with E-state index in [9.17, 15) is 18.0 Å². The van der Waals surface area contributed by atoms with Crippen molar-refractivity contribution in [2.45, 2.75) is 64.3 Å². The average Bonchev–Trinajstić information content (AvgIpc) is 3.46. The normalized spacial score (nSPS) is 14.7. The maximum atomic E-state index is 13.7. The van der Waals surface area contributed by atoms with E-state index in [0.29, 0.717) is 30.0 Å². The van der Waals surface area contributed by atoms with E-state index >= 15 is 0 Å². The lowest BCUT2D eigenvalue weighted by atomic mass is 9.91. The van der Waals surface area contributed by atoms with E-state index in [0.717, 1.165) is 36.7 Å². The van der Waals surface area contributed by atoms with E-state index in [-0.39, 0.29) is 24.9 Å². The van der Waals surface area contributed by atoms with Gasteiger partial charge in [0.2, 0.25) is 0 Å².